The van der Waals surface area contributed by atoms with E-state index >= 15 is 0 Å². The first kappa shape index (κ1) is 8.60. The van der Waals surface area contributed by atoms with E-state index in [9.17, 15) is 0 Å². The van der Waals surface area contributed by atoms with Gasteiger partial charge in [-0.2, -0.15) is 0 Å². The molecular formula is C9H15NS. The fraction of sp³-hybridized carbons (Fsp3) is 0.556. The van der Waals surface area contributed by atoms with Crippen molar-refractivity contribution in [2.75, 3.05) is 12.4 Å². The summed E-state index contributed by atoms with van der Waals surface area (Å²) in [5.41, 5.74) is 1.44. The smallest absolute Gasteiger partial charge is 0.0917 e. The quantitative estimate of drug-likeness (QED) is 0.716. The first-order valence-electron chi connectivity index (χ1n) is 3.93. The van der Waals surface area contributed by atoms with Crippen LogP contribution in [0.2, 0.25) is 0 Å². The summed E-state index contributed by atoms with van der Waals surface area (Å²) in [6.07, 6.45) is 0. The maximum Gasteiger partial charge on any atom is 0.0917 e. The van der Waals surface area contributed by atoms with E-state index in [0.717, 1.165) is 0 Å². The lowest BCUT2D eigenvalue weighted by molar-refractivity contribution is 0.873. The van der Waals surface area contributed by atoms with Crippen LogP contribution in [0.5, 0.6) is 0 Å². The fourth-order valence-corrected chi connectivity index (χ4v) is 2.18. The number of rotatable bonds is 2. The predicted octanol–water partition coefficient (Wildman–Crippen LogP) is 3.22. The molecule has 62 valence electrons. The molecule has 11 heavy (non-hydrogen) atoms. The van der Waals surface area contributed by atoms with Crippen molar-refractivity contribution in [3.05, 3.63) is 16.5 Å². The lowest BCUT2D eigenvalue weighted by Gasteiger charge is -2.04. The van der Waals surface area contributed by atoms with E-state index in [2.05, 4.69) is 32.2 Å². The molecule has 1 rings (SSSR count). The summed E-state index contributed by atoms with van der Waals surface area (Å²) < 4.78 is 0. The zero-order valence-electron chi connectivity index (χ0n) is 7.56. The van der Waals surface area contributed by atoms with Crippen LogP contribution in [0.4, 0.5) is 5.00 Å². The van der Waals surface area contributed by atoms with Crippen molar-refractivity contribution in [3.8, 4) is 0 Å². The van der Waals surface area contributed by atoms with Crippen LogP contribution in [0.15, 0.2) is 6.07 Å². The molecule has 0 bridgehead atoms. The molecule has 0 saturated carbocycles. The van der Waals surface area contributed by atoms with E-state index < -0.39 is 0 Å². The maximum absolute atomic E-state index is 3.22. The van der Waals surface area contributed by atoms with Gasteiger partial charge in [0.2, 0.25) is 0 Å². The van der Waals surface area contributed by atoms with Crippen LogP contribution in [0.25, 0.3) is 0 Å². The predicted molar refractivity (Wildman–Crippen MR) is 52.7 cm³/mol. The Labute approximate surface area is 72.4 Å². The molecule has 0 aliphatic carbocycles. The van der Waals surface area contributed by atoms with Crippen LogP contribution < -0.4 is 5.32 Å². The highest BCUT2D eigenvalue weighted by molar-refractivity contribution is 7.16. The Kier molecular flexibility index (Phi) is 2.55. The van der Waals surface area contributed by atoms with Crippen molar-refractivity contribution in [2.24, 2.45) is 0 Å². The zero-order valence-corrected chi connectivity index (χ0v) is 8.38. The van der Waals surface area contributed by atoms with Crippen molar-refractivity contribution in [1.82, 2.24) is 0 Å². The molecule has 0 saturated heterocycles. The second-order valence-corrected chi connectivity index (χ2v) is 4.30. The fourth-order valence-electron chi connectivity index (χ4n) is 1.16. The summed E-state index contributed by atoms with van der Waals surface area (Å²) in [5.74, 6) is 0.627. The molecule has 0 spiro atoms. The lowest BCUT2D eigenvalue weighted by Crippen LogP contribution is -1.91. The molecule has 0 amide bonds. The third-order valence-corrected chi connectivity index (χ3v) is 2.82. The van der Waals surface area contributed by atoms with E-state index in [1.54, 1.807) is 0 Å². The van der Waals surface area contributed by atoms with Gasteiger partial charge >= 0.3 is 0 Å². The highest BCUT2D eigenvalue weighted by atomic mass is 32.1. The normalized spacial score (nSPS) is 10.6. The number of hydrogen-bond donors (Lipinski definition) is 1. The van der Waals surface area contributed by atoms with Gasteiger partial charge in [-0.25, -0.2) is 0 Å². The van der Waals surface area contributed by atoms with Gasteiger partial charge in [0.05, 0.1) is 5.00 Å². The Morgan fingerprint density at radius 3 is 2.45 bits per heavy atom. The van der Waals surface area contributed by atoms with Crippen LogP contribution in [0.1, 0.15) is 30.2 Å². The molecule has 1 aromatic rings. The van der Waals surface area contributed by atoms with Crippen LogP contribution in [-0.2, 0) is 0 Å². The van der Waals surface area contributed by atoms with Crippen LogP contribution >= 0.6 is 11.3 Å². The summed E-state index contributed by atoms with van der Waals surface area (Å²) in [6, 6.07) is 2.27. The molecule has 2 heteroatoms. The van der Waals surface area contributed by atoms with Crippen molar-refractivity contribution < 1.29 is 0 Å². The van der Waals surface area contributed by atoms with E-state index in [-0.39, 0.29) is 0 Å². The molecule has 1 nitrogen and oxygen atoms in total. The van der Waals surface area contributed by atoms with E-state index in [1.165, 1.54) is 15.4 Å². The average Bonchev–Trinajstić information content (AvgIpc) is 2.30. The Morgan fingerprint density at radius 1 is 1.45 bits per heavy atom. The number of nitrogens with one attached hydrogen (secondary N) is 1. The first-order chi connectivity index (χ1) is 5.15. The summed E-state index contributed by atoms with van der Waals surface area (Å²) >= 11 is 1.83. The second-order valence-electron chi connectivity index (χ2n) is 3.05. The molecule has 0 aromatic carbocycles. The maximum atomic E-state index is 3.22. The summed E-state index contributed by atoms with van der Waals surface area (Å²) in [7, 11) is 1.98. The van der Waals surface area contributed by atoms with Gasteiger partial charge < -0.3 is 5.32 Å². The third kappa shape index (κ3) is 1.74. The molecule has 0 aliphatic rings. The topological polar surface area (TPSA) is 12.0 Å². The highest BCUT2D eigenvalue weighted by Gasteiger charge is 2.07. The van der Waals surface area contributed by atoms with Gasteiger partial charge in [0, 0.05) is 11.9 Å². The Balaban J connectivity index is 3.02. The molecule has 1 aromatic heterocycles. The SMILES string of the molecule is CNc1sc(C)cc1C(C)C. The number of thiophene rings is 1. The Morgan fingerprint density at radius 2 is 2.09 bits per heavy atom. The molecule has 0 radical (unpaired) electrons. The number of anilines is 1. The highest BCUT2D eigenvalue weighted by Crippen LogP contribution is 2.32. The second kappa shape index (κ2) is 3.26. The molecular weight excluding hydrogens is 154 g/mol. The minimum absolute atomic E-state index is 0.627. The molecule has 0 fully saturated rings. The van der Waals surface area contributed by atoms with E-state index in [4.69, 9.17) is 0 Å². The largest absolute Gasteiger partial charge is 0.380 e. The molecule has 0 aliphatic heterocycles. The van der Waals surface area contributed by atoms with Gasteiger partial charge in [-0.3, -0.25) is 0 Å². The van der Waals surface area contributed by atoms with Crippen molar-refractivity contribution in [1.29, 1.82) is 0 Å². The van der Waals surface area contributed by atoms with Crippen molar-refractivity contribution in [3.63, 3.8) is 0 Å². The zero-order chi connectivity index (χ0) is 8.43. The standard InChI is InChI=1S/C9H15NS/c1-6(2)8-5-7(3)11-9(8)10-4/h5-6,10H,1-4H3. The van der Waals surface area contributed by atoms with Crippen LogP contribution in [-0.4, -0.2) is 7.05 Å². The van der Waals surface area contributed by atoms with Crippen LogP contribution in [0.3, 0.4) is 0 Å². The van der Waals surface area contributed by atoms with Crippen LogP contribution in [0, 0.1) is 6.92 Å². The molecule has 1 N–H and O–H groups in total. The summed E-state index contributed by atoms with van der Waals surface area (Å²) in [5, 5.41) is 4.53. The molecule has 0 atom stereocenters. The third-order valence-electron chi connectivity index (χ3n) is 1.73. The molecule has 0 unspecified atom stereocenters. The molecule has 1 heterocycles. The summed E-state index contributed by atoms with van der Waals surface area (Å²) in [4.78, 5) is 1.39. The van der Waals surface area contributed by atoms with Gasteiger partial charge in [0.1, 0.15) is 0 Å². The van der Waals surface area contributed by atoms with E-state index in [0.29, 0.717) is 5.92 Å². The minimum atomic E-state index is 0.627. The first-order valence-corrected chi connectivity index (χ1v) is 4.75. The van der Waals surface area contributed by atoms with Crippen molar-refractivity contribution in [2.45, 2.75) is 26.7 Å². The monoisotopic (exact) mass is 169 g/mol. The van der Waals surface area contributed by atoms with Gasteiger partial charge in [-0.05, 0) is 24.5 Å². The van der Waals surface area contributed by atoms with Gasteiger partial charge in [0.15, 0.2) is 0 Å². The number of aryl methyl sites for hydroxylation is 1. The van der Waals surface area contributed by atoms with E-state index in [1.807, 2.05) is 18.4 Å². The van der Waals surface area contributed by atoms with Gasteiger partial charge in [-0.15, -0.1) is 11.3 Å². The average molecular weight is 169 g/mol. The van der Waals surface area contributed by atoms with Crippen molar-refractivity contribution >= 4 is 16.3 Å². The number of hydrogen-bond acceptors (Lipinski definition) is 2. The lowest BCUT2D eigenvalue weighted by atomic mass is 10.1. The Hall–Kier alpha value is -0.500. The Bertz CT molecular complexity index is 238. The van der Waals surface area contributed by atoms with Gasteiger partial charge in [-0.1, -0.05) is 13.8 Å². The van der Waals surface area contributed by atoms with Gasteiger partial charge in [0.25, 0.3) is 0 Å². The summed E-state index contributed by atoms with van der Waals surface area (Å²) in [6.45, 7) is 6.60. The minimum Gasteiger partial charge on any atom is -0.380 e.